The molecule has 0 aromatic rings. The minimum atomic E-state index is 0. The topological polar surface area (TPSA) is 24.1 Å². The van der Waals surface area contributed by atoms with Gasteiger partial charge in [-0.3, -0.25) is 0 Å². The van der Waals surface area contributed by atoms with E-state index in [0.717, 1.165) is 24.9 Å². The van der Waals surface area contributed by atoms with Gasteiger partial charge < -0.3 is 10.6 Å². The van der Waals surface area contributed by atoms with Gasteiger partial charge in [0, 0.05) is 25.2 Å². The van der Waals surface area contributed by atoms with Crippen molar-refractivity contribution in [1.82, 2.24) is 10.6 Å². The minimum absolute atomic E-state index is 0. The molecule has 1 heterocycles. The molecule has 88 valence electrons. The maximum absolute atomic E-state index is 3.59. The Labute approximate surface area is 109 Å². The molecule has 1 aliphatic heterocycles. The molecule has 0 aromatic carbocycles. The average molecular weight is 332 g/mol. The third kappa shape index (κ3) is 5.10. The summed E-state index contributed by atoms with van der Waals surface area (Å²) in [4.78, 5) is 0. The molecule has 0 bridgehead atoms. The third-order valence-electron chi connectivity index (χ3n) is 2.81. The Morgan fingerprint density at radius 1 is 0.786 bits per heavy atom. The second-order valence-electron chi connectivity index (χ2n) is 4.52. The summed E-state index contributed by atoms with van der Waals surface area (Å²) in [6.45, 7) is 11.3. The fraction of sp³-hybridized carbons (Fsp3) is 1.00. The largest absolute Gasteiger partial charge is 0.311 e. The van der Waals surface area contributed by atoms with Gasteiger partial charge in [0.25, 0.3) is 0 Å². The van der Waals surface area contributed by atoms with Gasteiger partial charge in [-0.2, -0.15) is 0 Å². The highest BCUT2D eigenvalue weighted by atomic mass is 79.9. The normalized spacial score (nSPS) is 27.0. The van der Waals surface area contributed by atoms with Gasteiger partial charge in [-0.05, 0) is 11.8 Å². The first kappa shape index (κ1) is 17.3. The van der Waals surface area contributed by atoms with Crippen LogP contribution in [0.4, 0.5) is 0 Å². The van der Waals surface area contributed by atoms with Crippen molar-refractivity contribution in [2.24, 2.45) is 11.8 Å². The Kier molecular flexibility index (Phi) is 9.97. The van der Waals surface area contributed by atoms with E-state index in [4.69, 9.17) is 0 Å². The van der Waals surface area contributed by atoms with Crippen LogP contribution in [0, 0.1) is 11.8 Å². The lowest BCUT2D eigenvalue weighted by Crippen LogP contribution is -2.57. The van der Waals surface area contributed by atoms with Crippen molar-refractivity contribution in [3.8, 4) is 0 Å². The summed E-state index contributed by atoms with van der Waals surface area (Å²) in [6, 6.07) is 1.33. The molecule has 2 nitrogen and oxygen atoms in total. The Morgan fingerprint density at radius 2 is 1.07 bits per heavy atom. The predicted octanol–water partition coefficient (Wildman–Crippen LogP) is 2.38. The molecular formula is C10H24Br2N2. The molecule has 0 aromatic heterocycles. The quantitative estimate of drug-likeness (QED) is 0.811. The Hall–Kier alpha value is 0.880. The summed E-state index contributed by atoms with van der Waals surface area (Å²) in [7, 11) is 0. The smallest absolute Gasteiger partial charge is 0.0216 e. The first-order chi connectivity index (χ1) is 5.61. The summed E-state index contributed by atoms with van der Waals surface area (Å²) in [5.74, 6) is 1.48. The third-order valence-corrected chi connectivity index (χ3v) is 2.81. The fourth-order valence-electron chi connectivity index (χ4n) is 1.64. The maximum atomic E-state index is 3.59. The number of hydrogen-bond acceptors (Lipinski definition) is 2. The minimum Gasteiger partial charge on any atom is -0.311 e. The molecule has 1 rings (SSSR count). The van der Waals surface area contributed by atoms with Crippen molar-refractivity contribution in [2.75, 3.05) is 13.1 Å². The number of hydrogen-bond donors (Lipinski definition) is 2. The van der Waals surface area contributed by atoms with E-state index in [1.54, 1.807) is 0 Å². The van der Waals surface area contributed by atoms with Crippen LogP contribution < -0.4 is 10.6 Å². The maximum Gasteiger partial charge on any atom is 0.0216 e. The van der Waals surface area contributed by atoms with Crippen LogP contribution in [0.25, 0.3) is 0 Å². The average Bonchev–Trinajstić information content (AvgIpc) is 2.04. The Morgan fingerprint density at radius 3 is 1.21 bits per heavy atom. The van der Waals surface area contributed by atoms with Gasteiger partial charge in [-0.15, -0.1) is 34.0 Å². The van der Waals surface area contributed by atoms with Crippen LogP contribution >= 0.6 is 34.0 Å². The van der Waals surface area contributed by atoms with Crippen molar-refractivity contribution in [2.45, 2.75) is 39.8 Å². The van der Waals surface area contributed by atoms with Gasteiger partial charge >= 0.3 is 0 Å². The van der Waals surface area contributed by atoms with Crippen LogP contribution in [0.1, 0.15) is 27.7 Å². The summed E-state index contributed by atoms with van der Waals surface area (Å²) in [6.07, 6.45) is 0. The SMILES string of the molecule is Br.Br.CC(C)[C@H]1CN[C@@H](C(C)C)CN1. The van der Waals surface area contributed by atoms with E-state index >= 15 is 0 Å². The first-order valence-corrected chi connectivity index (χ1v) is 5.08. The molecule has 0 radical (unpaired) electrons. The predicted molar refractivity (Wildman–Crippen MR) is 73.9 cm³/mol. The van der Waals surface area contributed by atoms with Crippen molar-refractivity contribution in [3.63, 3.8) is 0 Å². The zero-order chi connectivity index (χ0) is 9.14. The molecular weight excluding hydrogens is 308 g/mol. The number of nitrogens with one attached hydrogen (secondary N) is 2. The summed E-state index contributed by atoms with van der Waals surface area (Å²) in [5.41, 5.74) is 0. The van der Waals surface area contributed by atoms with Crippen LogP contribution in [0.3, 0.4) is 0 Å². The van der Waals surface area contributed by atoms with Gasteiger partial charge in [-0.25, -0.2) is 0 Å². The van der Waals surface area contributed by atoms with Crippen molar-refractivity contribution in [3.05, 3.63) is 0 Å². The highest BCUT2D eigenvalue weighted by molar-refractivity contribution is 8.93. The lowest BCUT2D eigenvalue weighted by atomic mass is 9.97. The Balaban J connectivity index is 0. The molecule has 0 spiro atoms. The molecule has 0 amide bonds. The van der Waals surface area contributed by atoms with Gasteiger partial charge in [0.05, 0.1) is 0 Å². The number of rotatable bonds is 2. The summed E-state index contributed by atoms with van der Waals surface area (Å²) in [5, 5.41) is 7.17. The molecule has 0 unspecified atom stereocenters. The van der Waals surface area contributed by atoms with Crippen molar-refractivity contribution >= 4 is 34.0 Å². The first-order valence-electron chi connectivity index (χ1n) is 5.08. The van der Waals surface area contributed by atoms with Crippen molar-refractivity contribution < 1.29 is 0 Å². The standard InChI is InChI=1S/C10H22N2.2BrH/c1-7(2)9-5-12-10(6-11-9)8(3)4;;/h7-12H,5-6H2,1-4H3;2*1H/t9-,10-;;/m1../s1. The monoisotopic (exact) mass is 330 g/mol. The zero-order valence-electron chi connectivity index (χ0n) is 9.54. The van der Waals surface area contributed by atoms with E-state index in [1.807, 2.05) is 0 Å². The van der Waals surface area contributed by atoms with Crippen LogP contribution in [0.5, 0.6) is 0 Å². The van der Waals surface area contributed by atoms with Crippen molar-refractivity contribution in [1.29, 1.82) is 0 Å². The second-order valence-corrected chi connectivity index (χ2v) is 4.52. The molecule has 2 atom stereocenters. The lowest BCUT2D eigenvalue weighted by molar-refractivity contribution is 0.259. The van der Waals surface area contributed by atoms with E-state index in [1.165, 1.54) is 0 Å². The van der Waals surface area contributed by atoms with E-state index in [2.05, 4.69) is 38.3 Å². The van der Waals surface area contributed by atoms with E-state index in [0.29, 0.717) is 12.1 Å². The lowest BCUT2D eigenvalue weighted by Gasteiger charge is -2.35. The van der Waals surface area contributed by atoms with Crippen LogP contribution in [0.15, 0.2) is 0 Å². The van der Waals surface area contributed by atoms with Crippen LogP contribution in [-0.2, 0) is 0 Å². The second kappa shape index (κ2) is 8.08. The molecule has 0 saturated carbocycles. The molecule has 1 aliphatic rings. The summed E-state index contributed by atoms with van der Waals surface area (Å²) < 4.78 is 0. The van der Waals surface area contributed by atoms with E-state index in [9.17, 15) is 0 Å². The van der Waals surface area contributed by atoms with Gasteiger partial charge in [0.15, 0.2) is 0 Å². The van der Waals surface area contributed by atoms with Gasteiger partial charge in [0.1, 0.15) is 0 Å². The zero-order valence-corrected chi connectivity index (χ0v) is 13.0. The number of piperazine rings is 1. The number of halogens is 2. The fourth-order valence-corrected chi connectivity index (χ4v) is 1.64. The molecule has 1 fully saturated rings. The summed E-state index contributed by atoms with van der Waals surface area (Å²) >= 11 is 0. The highest BCUT2D eigenvalue weighted by Gasteiger charge is 2.23. The molecule has 4 heteroatoms. The molecule has 0 aliphatic carbocycles. The van der Waals surface area contributed by atoms with Crippen LogP contribution in [0.2, 0.25) is 0 Å². The van der Waals surface area contributed by atoms with E-state index < -0.39 is 0 Å². The molecule has 14 heavy (non-hydrogen) atoms. The molecule has 1 saturated heterocycles. The Bertz CT molecular complexity index is 116. The highest BCUT2D eigenvalue weighted by Crippen LogP contribution is 2.08. The molecule has 2 N–H and O–H groups in total. The van der Waals surface area contributed by atoms with Gasteiger partial charge in [0.2, 0.25) is 0 Å². The van der Waals surface area contributed by atoms with Crippen LogP contribution in [-0.4, -0.2) is 25.2 Å². The van der Waals surface area contributed by atoms with E-state index in [-0.39, 0.29) is 34.0 Å². The van der Waals surface area contributed by atoms with Gasteiger partial charge in [-0.1, -0.05) is 27.7 Å².